The average Bonchev–Trinajstić information content (AvgIpc) is 2.74. The highest BCUT2D eigenvalue weighted by molar-refractivity contribution is 5.85. The maximum atomic E-state index is 4.11. The zero-order valence-corrected chi connectivity index (χ0v) is 12.0. The smallest absolute Gasteiger partial charge is 0.148 e. The SMILES string of the molecule is Cc1ccc(NCc2ccc3[nH]c(C)c(C)c3c2)nn1. The predicted molar refractivity (Wildman–Crippen MR) is 81.9 cm³/mol. The molecule has 0 aliphatic rings. The van der Waals surface area contributed by atoms with E-state index in [-0.39, 0.29) is 0 Å². The molecule has 0 aliphatic heterocycles. The number of H-pyrrole nitrogens is 1. The second-order valence-corrected chi connectivity index (χ2v) is 5.17. The molecule has 0 saturated heterocycles. The fourth-order valence-corrected chi connectivity index (χ4v) is 2.30. The highest BCUT2D eigenvalue weighted by atomic mass is 15.2. The molecule has 0 bridgehead atoms. The third-order valence-electron chi connectivity index (χ3n) is 3.64. The standard InChI is InChI=1S/C16H18N4/c1-10-4-7-16(20-19-10)17-9-13-5-6-15-14(8-13)11(2)12(3)18-15/h4-8,18H,9H2,1-3H3,(H,17,20). The molecule has 4 heteroatoms. The number of fused-ring (bicyclic) bond motifs is 1. The van der Waals surface area contributed by atoms with E-state index in [9.17, 15) is 0 Å². The number of hydrogen-bond donors (Lipinski definition) is 2. The zero-order valence-electron chi connectivity index (χ0n) is 12.0. The monoisotopic (exact) mass is 266 g/mol. The Hall–Kier alpha value is -2.36. The number of rotatable bonds is 3. The van der Waals surface area contributed by atoms with Gasteiger partial charge in [-0.15, -0.1) is 5.10 Å². The molecule has 3 rings (SSSR count). The number of nitrogens with zero attached hydrogens (tertiary/aromatic N) is 2. The van der Waals surface area contributed by atoms with Gasteiger partial charge in [0.15, 0.2) is 0 Å². The summed E-state index contributed by atoms with van der Waals surface area (Å²) in [6, 6.07) is 10.4. The van der Waals surface area contributed by atoms with Gasteiger partial charge < -0.3 is 10.3 Å². The van der Waals surface area contributed by atoms with Crippen LogP contribution in [0.25, 0.3) is 10.9 Å². The van der Waals surface area contributed by atoms with E-state index in [0.29, 0.717) is 0 Å². The Morgan fingerprint density at radius 1 is 1.05 bits per heavy atom. The summed E-state index contributed by atoms with van der Waals surface area (Å²) in [4.78, 5) is 3.39. The van der Waals surface area contributed by atoms with Crippen LogP contribution >= 0.6 is 0 Å². The van der Waals surface area contributed by atoms with Crippen molar-refractivity contribution in [1.29, 1.82) is 0 Å². The lowest BCUT2D eigenvalue weighted by Crippen LogP contribution is -2.02. The third kappa shape index (κ3) is 2.37. The van der Waals surface area contributed by atoms with Crippen LogP contribution in [0, 0.1) is 20.8 Å². The molecule has 0 aliphatic carbocycles. The molecule has 2 aromatic heterocycles. The topological polar surface area (TPSA) is 53.6 Å². The van der Waals surface area contributed by atoms with Crippen LogP contribution in [0.2, 0.25) is 0 Å². The molecule has 0 fully saturated rings. The normalized spacial score (nSPS) is 10.9. The zero-order chi connectivity index (χ0) is 14.1. The Bertz CT molecular complexity index is 741. The highest BCUT2D eigenvalue weighted by Crippen LogP contribution is 2.22. The van der Waals surface area contributed by atoms with E-state index in [2.05, 4.69) is 52.5 Å². The molecule has 20 heavy (non-hydrogen) atoms. The fraction of sp³-hybridized carbons (Fsp3) is 0.250. The Kier molecular flexibility index (Phi) is 3.14. The van der Waals surface area contributed by atoms with Gasteiger partial charge >= 0.3 is 0 Å². The first-order valence-electron chi connectivity index (χ1n) is 6.75. The van der Waals surface area contributed by atoms with Crippen LogP contribution in [0.15, 0.2) is 30.3 Å². The van der Waals surface area contributed by atoms with Gasteiger partial charge in [-0.2, -0.15) is 5.10 Å². The molecule has 0 radical (unpaired) electrons. The van der Waals surface area contributed by atoms with E-state index in [0.717, 1.165) is 18.1 Å². The first-order chi connectivity index (χ1) is 9.63. The van der Waals surface area contributed by atoms with Crippen LogP contribution in [-0.4, -0.2) is 15.2 Å². The van der Waals surface area contributed by atoms with Gasteiger partial charge in [0.05, 0.1) is 5.69 Å². The average molecular weight is 266 g/mol. The molecule has 102 valence electrons. The molecule has 0 saturated carbocycles. The highest BCUT2D eigenvalue weighted by Gasteiger charge is 2.05. The van der Waals surface area contributed by atoms with E-state index in [4.69, 9.17) is 0 Å². The lowest BCUT2D eigenvalue weighted by molar-refractivity contribution is 0.963. The molecule has 2 heterocycles. The predicted octanol–water partition coefficient (Wildman–Crippen LogP) is 3.50. The van der Waals surface area contributed by atoms with Crippen LogP contribution in [0.5, 0.6) is 0 Å². The van der Waals surface area contributed by atoms with Gasteiger partial charge in [0.25, 0.3) is 0 Å². The van der Waals surface area contributed by atoms with Crippen LogP contribution in [0.1, 0.15) is 22.5 Å². The molecule has 4 nitrogen and oxygen atoms in total. The number of hydrogen-bond acceptors (Lipinski definition) is 3. The maximum absolute atomic E-state index is 4.11. The van der Waals surface area contributed by atoms with Crippen LogP contribution < -0.4 is 5.32 Å². The van der Waals surface area contributed by atoms with Gasteiger partial charge in [-0.1, -0.05) is 6.07 Å². The summed E-state index contributed by atoms with van der Waals surface area (Å²) in [5, 5.41) is 12.7. The van der Waals surface area contributed by atoms with Crippen LogP contribution in [0.4, 0.5) is 5.82 Å². The summed E-state index contributed by atoms with van der Waals surface area (Å²) < 4.78 is 0. The van der Waals surface area contributed by atoms with Crippen molar-refractivity contribution in [2.45, 2.75) is 27.3 Å². The molecule has 3 aromatic rings. The van der Waals surface area contributed by atoms with Gasteiger partial charge in [-0.05, 0) is 56.2 Å². The van der Waals surface area contributed by atoms with Crippen LogP contribution in [0.3, 0.4) is 0 Å². The van der Waals surface area contributed by atoms with E-state index < -0.39 is 0 Å². The Labute approximate surface area is 118 Å². The number of aromatic amines is 1. The number of anilines is 1. The summed E-state index contributed by atoms with van der Waals surface area (Å²) >= 11 is 0. The Morgan fingerprint density at radius 2 is 1.90 bits per heavy atom. The first kappa shape index (κ1) is 12.7. The molecule has 0 amide bonds. The summed E-state index contributed by atoms with van der Waals surface area (Å²) in [5.41, 5.74) is 5.91. The van der Waals surface area contributed by atoms with Gasteiger partial charge in [0.2, 0.25) is 0 Å². The minimum atomic E-state index is 0.747. The summed E-state index contributed by atoms with van der Waals surface area (Å²) in [6.45, 7) is 6.94. The molecule has 2 N–H and O–H groups in total. The van der Waals surface area contributed by atoms with Gasteiger partial charge in [0, 0.05) is 23.1 Å². The largest absolute Gasteiger partial charge is 0.365 e. The fourth-order valence-electron chi connectivity index (χ4n) is 2.30. The quantitative estimate of drug-likeness (QED) is 0.763. The van der Waals surface area contributed by atoms with E-state index >= 15 is 0 Å². The minimum absolute atomic E-state index is 0.747. The number of aryl methyl sites for hydroxylation is 3. The van der Waals surface area contributed by atoms with Gasteiger partial charge in [-0.25, -0.2) is 0 Å². The second kappa shape index (κ2) is 4.96. The van der Waals surface area contributed by atoms with E-state index in [1.165, 1.54) is 27.7 Å². The van der Waals surface area contributed by atoms with Gasteiger partial charge in [-0.3, -0.25) is 0 Å². The van der Waals surface area contributed by atoms with Crippen molar-refractivity contribution < 1.29 is 0 Å². The summed E-state index contributed by atoms with van der Waals surface area (Å²) in [6.07, 6.45) is 0. The van der Waals surface area contributed by atoms with Crippen molar-refractivity contribution in [3.8, 4) is 0 Å². The lowest BCUT2D eigenvalue weighted by atomic mass is 10.1. The van der Waals surface area contributed by atoms with Gasteiger partial charge in [0.1, 0.15) is 5.82 Å². The Balaban J connectivity index is 1.80. The van der Waals surface area contributed by atoms with Crippen molar-refractivity contribution in [2.24, 2.45) is 0 Å². The summed E-state index contributed by atoms with van der Waals surface area (Å²) in [7, 11) is 0. The van der Waals surface area contributed by atoms with Crippen molar-refractivity contribution in [2.75, 3.05) is 5.32 Å². The first-order valence-corrected chi connectivity index (χ1v) is 6.75. The summed E-state index contributed by atoms with van der Waals surface area (Å²) in [5.74, 6) is 0.803. The van der Waals surface area contributed by atoms with Crippen molar-refractivity contribution in [1.82, 2.24) is 15.2 Å². The molecule has 0 spiro atoms. The van der Waals surface area contributed by atoms with Crippen LogP contribution in [-0.2, 0) is 6.54 Å². The number of benzene rings is 1. The molecular weight excluding hydrogens is 248 g/mol. The van der Waals surface area contributed by atoms with E-state index in [1.807, 2.05) is 19.1 Å². The molecule has 0 unspecified atom stereocenters. The maximum Gasteiger partial charge on any atom is 0.148 e. The number of aromatic nitrogens is 3. The molecular formula is C16H18N4. The second-order valence-electron chi connectivity index (χ2n) is 5.17. The number of nitrogens with one attached hydrogen (secondary N) is 2. The minimum Gasteiger partial charge on any atom is -0.365 e. The van der Waals surface area contributed by atoms with Crippen molar-refractivity contribution >= 4 is 16.7 Å². The van der Waals surface area contributed by atoms with Crippen molar-refractivity contribution in [3.63, 3.8) is 0 Å². The molecule has 1 aromatic carbocycles. The van der Waals surface area contributed by atoms with E-state index in [1.54, 1.807) is 0 Å². The van der Waals surface area contributed by atoms with Crippen molar-refractivity contribution in [3.05, 3.63) is 52.8 Å². The molecule has 0 atom stereocenters. The Morgan fingerprint density at radius 3 is 2.65 bits per heavy atom. The third-order valence-corrected chi connectivity index (χ3v) is 3.64. The lowest BCUT2D eigenvalue weighted by Gasteiger charge is -2.05.